The predicted octanol–water partition coefficient (Wildman–Crippen LogP) is 6.97. The highest BCUT2D eigenvalue weighted by Gasteiger charge is 2.50. The third kappa shape index (κ3) is 31.5. The van der Waals surface area contributed by atoms with Crippen molar-refractivity contribution in [1.29, 1.82) is 0 Å². The normalized spacial score (nSPS) is 15.7. The Morgan fingerprint density at radius 3 is 1.29 bits per heavy atom. The Balaban J connectivity index is 0.926. The molecular formula is C90H120N4O32PS4+. The van der Waals surface area contributed by atoms with E-state index >= 15 is 0 Å². The highest BCUT2D eigenvalue weighted by Crippen LogP contribution is 2.54. The van der Waals surface area contributed by atoms with Gasteiger partial charge in [-0.05, 0) is 122 Å². The van der Waals surface area contributed by atoms with E-state index in [4.69, 9.17) is 80.5 Å². The molecule has 0 aromatic heterocycles. The standard InChI is InChI=1S/C90H119N4O32PS4/c1-89(27-34-115-45-50-123-57-54-119-41-38-110-3)82(93(31-36-117-47-52-125-59-56-121-43-40-112-5)77-24-22-72-75(85(77)89)63-70(128(98,99)100)65-80(72)130(104,105)106)18-13-19-83-90(2,28-35-116-46-51-124-58-55-120-42-39-111-4)86-76-64-71(129(101,102)103)66-81(131(107,108)109)73(76)23-25-78(86)94(83)32-37-118-48-53-126-61-60-122-49-44-114-33-26-84(95)91-29-30-92-87(96)67-20-21-74(88(97)113-6)79(62-67)127(68-14-9-7-10-15-68)69-16-11-8-12-17-69/h7-25,62-66H,26-61H2,1-6H3,(H5-,91,92,95,96,98,99,100,101,102,103,104,105,106,107,108,109)/p+1. The van der Waals surface area contributed by atoms with E-state index in [1.165, 1.54) is 19.2 Å². The fraction of sp³-hybridized carbons (Fsp3) is 0.489. The Kier molecular flexibility index (Phi) is 43.8. The minimum absolute atomic E-state index is 0.00612. The third-order valence-electron chi connectivity index (χ3n) is 21.4. The second-order valence-corrected chi connectivity index (χ2v) is 37.9. The van der Waals surface area contributed by atoms with Crippen LogP contribution in [-0.2, 0) is 137 Å². The third-order valence-corrected chi connectivity index (χ3v) is 27.3. The van der Waals surface area contributed by atoms with Crippen molar-refractivity contribution in [3.63, 3.8) is 0 Å². The van der Waals surface area contributed by atoms with Crippen molar-refractivity contribution in [3.05, 3.63) is 174 Å². The molecule has 0 aliphatic carbocycles. The summed E-state index contributed by atoms with van der Waals surface area (Å²) >= 11 is 0. The lowest BCUT2D eigenvalue weighted by atomic mass is 9.74. The van der Waals surface area contributed by atoms with Crippen LogP contribution in [0.15, 0.2) is 171 Å². The number of rotatable bonds is 65. The number of anilines is 1. The first kappa shape index (κ1) is 107. The lowest BCUT2D eigenvalue weighted by Gasteiger charge is -2.31. The van der Waals surface area contributed by atoms with Crippen LogP contribution in [0.2, 0.25) is 0 Å². The first-order valence-electron chi connectivity index (χ1n) is 42.6. The van der Waals surface area contributed by atoms with Crippen LogP contribution in [-0.4, -0.2) is 326 Å². The molecule has 2 atom stereocenters. The monoisotopic (exact) mass is 1930 g/mol. The number of methoxy groups -OCH3 is 4. The zero-order valence-corrected chi connectivity index (χ0v) is 78.7. The summed E-state index contributed by atoms with van der Waals surface area (Å²) in [5.41, 5.74) is 0.736. The molecule has 2 amide bonds. The van der Waals surface area contributed by atoms with Gasteiger partial charge in [-0.1, -0.05) is 72.8 Å². The molecule has 2 aliphatic rings. The van der Waals surface area contributed by atoms with Crippen LogP contribution in [0, 0.1) is 0 Å². The van der Waals surface area contributed by atoms with E-state index in [0.29, 0.717) is 115 Å². The molecule has 0 radical (unpaired) electrons. The van der Waals surface area contributed by atoms with Crippen LogP contribution in [0.1, 0.15) is 65.0 Å². The molecule has 9 rings (SSSR count). The van der Waals surface area contributed by atoms with Crippen LogP contribution in [0.4, 0.5) is 11.4 Å². The maximum absolute atomic E-state index is 13.5. The highest BCUT2D eigenvalue weighted by molar-refractivity contribution is 7.87. The fourth-order valence-corrected chi connectivity index (χ4v) is 20.2. The van der Waals surface area contributed by atoms with E-state index < -0.39 is 84.8 Å². The van der Waals surface area contributed by atoms with Crippen molar-refractivity contribution in [1.82, 2.24) is 10.6 Å². The minimum Gasteiger partial charge on any atom is -0.465 e. The molecule has 720 valence electrons. The maximum atomic E-state index is 13.5. The number of carbonyl (C=O) groups is 3. The van der Waals surface area contributed by atoms with E-state index in [1.54, 1.807) is 69.9 Å². The molecule has 41 heteroatoms. The first-order chi connectivity index (χ1) is 63.0. The Hall–Kier alpha value is -8.15. The highest BCUT2D eigenvalue weighted by atomic mass is 32.2. The quantitative estimate of drug-likeness (QED) is 0.00736. The molecule has 0 spiro atoms. The van der Waals surface area contributed by atoms with Gasteiger partial charge in [-0.2, -0.15) is 38.2 Å². The van der Waals surface area contributed by atoms with Crippen molar-refractivity contribution >= 4 is 121 Å². The van der Waals surface area contributed by atoms with Gasteiger partial charge in [-0.3, -0.25) is 27.8 Å². The van der Waals surface area contributed by atoms with Gasteiger partial charge in [0.15, 0.2) is 12.3 Å². The van der Waals surface area contributed by atoms with E-state index in [2.05, 4.69) is 10.6 Å². The average Bonchev–Trinajstić information content (AvgIpc) is 1.56. The smallest absolute Gasteiger partial charge is 0.338 e. The molecular weight excluding hydrogens is 1810 g/mol. The van der Waals surface area contributed by atoms with Gasteiger partial charge in [0.05, 0.1) is 200 Å². The average molecular weight is 1930 g/mol. The number of ether oxygens (including phenoxy) is 17. The number of esters is 1. The molecule has 2 heterocycles. The number of allylic oxidation sites excluding steroid dienone is 4. The van der Waals surface area contributed by atoms with Crippen molar-refractivity contribution in [2.75, 3.05) is 251 Å². The second-order valence-electron chi connectivity index (χ2n) is 30.1. The Labute approximate surface area is 766 Å². The van der Waals surface area contributed by atoms with Crippen LogP contribution < -0.4 is 31.4 Å². The number of benzene rings is 7. The van der Waals surface area contributed by atoms with Gasteiger partial charge in [0.1, 0.15) is 16.4 Å². The summed E-state index contributed by atoms with van der Waals surface area (Å²) in [4.78, 5) is 38.1. The number of fused-ring (bicyclic) bond motifs is 6. The zero-order chi connectivity index (χ0) is 94.3. The van der Waals surface area contributed by atoms with Gasteiger partial charge in [0, 0.05) is 117 Å². The number of nitrogens with one attached hydrogen (secondary N) is 2. The summed E-state index contributed by atoms with van der Waals surface area (Å²) in [5, 5.41) is 8.16. The van der Waals surface area contributed by atoms with E-state index in [0.717, 1.165) is 22.7 Å². The molecule has 0 bridgehead atoms. The van der Waals surface area contributed by atoms with E-state index in [-0.39, 0.29) is 218 Å². The van der Waals surface area contributed by atoms with Gasteiger partial charge >= 0.3 is 5.97 Å². The molecule has 7 aromatic rings. The van der Waals surface area contributed by atoms with Crippen molar-refractivity contribution < 1.29 is 151 Å². The number of carbonyl (C=O) groups excluding carboxylic acids is 3. The fourth-order valence-electron chi connectivity index (χ4n) is 15.1. The van der Waals surface area contributed by atoms with Crippen molar-refractivity contribution in [3.8, 4) is 0 Å². The number of hydrogen-bond acceptors (Lipinski definition) is 29. The van der Waals surface area contributed by atoms with Gasteiger partial charge in [-0.15, -0.1) is 0 Å². The lowest BCUT2D eigenvalue weighted by Crippen LogP contribution is -2.35. The van der Waals surface area contributed by atoms with E-state index in [1.807, 2.05) is 84.0 Å². The summed E-state index contributed by atoms with van der Waals surface area (Å²) in [6.07, 6.45) is 5.60. The van der Waals surface area contributed by atoms with Crippen molar-refractivity contribution in [2.24, 2.45) is 0 Å². The zero-order valence-electron chi connectivity index (χ0n) is 74.5. The van der Waals surface area contributed by atoms with Crippen molar-refractivity contribution in [2.45, 2.75) is 63.5 Å². The molecule has 0 fully saturated rings. The number of amides is 2. The minimum atomic E-state index is -5.21. The Morgan fingerprint density at radius 2 is 0.840 bits per heavy atom. The van der Waals surface area contributed by atoms with E-state index in [9.17, 15) is 66.3 Å². The van der Waals surface area contributed by atoms with Crippen LogP contribution >= 0.6 is 7.92 Å². The van der Waals surface area contributed by atoms with Crippen LogP contribution in [0.5, 0.6) is 0 Å². The SMILES string of the molecule is COCCOCCOCCOCC[N+]1=C(C=CC=C2N(CCOCCOCCOCCOCCC(=O)NCCNC(=O)c3ccc(C(=O)OC)c(P(c4ccccc4)c4ccccc4)c3)c3ccc4c(S(=O)(=O)O)cc(S(=O)(=O)O)cc4c3C2(C)CCOCCOCCOCCOC)C(C)(CCOCCOCCOCCOC)c2c1ccc1c(S(=O)(=O)O)cc(S(=O)(=O)O)cc21. The summed E-state index contributed by atoms with van der Waals surface area (Å²) in [6.45, 7) is 10.1. The summed E-state index contributed by atoms with van der Waals surface area (Å²) < 4.78 is 248. The first-order valence-corrected chi connectivity index (χ1v) is 49.7. The predicted molar refractivity (Wildman–Crippen MR) is 488 cm³/mol. The summed E-state index contributed by atoms with van der Waals surface area (Å²) in [7, 11) is -16.0. The van der Waals surface area contributed by atoms with Gasteiger partial charge in [-0.25, -0.2) is 4.79 Å². The van der Waals surface area contributed by atoms with Gasteiger partial charge < -0.3 is 96.1 Å². The summed E-state index contributed by atoms with van der Waals surface area (Å²) in [6, 6.07) is 34.1. The lowest BCUT2D eigenvalue weighted by molar-refractivity contribution is -0.442. The molecule has 6 N–H and O–H groups in total. The molecule has 2 unspecified atom stereocenters. The number of hydrogen-bond donors (Lipinski definition) is 6. The molecule has 7 aromatic carbocycles. The Morgan fingerprint density at radius 1 is 0.427 bits per heavy atom. The van der Waals surface area contributed by atoms with Crippen LogP contribution in [0.25, 0.3) is 21.5 Å². The molecule has 0 saturated heterocycles. The van der Waals surface area contributed by atoms with Gasteiger partial charge in [0.25, 0.3) is 46.4 Å². The van der Waals surface area contributed by atoms with Gasteiger partial charge in [0.2, 0.25) is 11.6 Å². The Bertz CT molecular complexity index is 5410. The second kappa shape index (κ2) is 53.8. The summed E-state index contributed by atoms with van der Waals surface area (Å²) in [5.74, 6) is -1.21. The van der Waals surface area contributed by atoms with Crippen LogP contribution in [0.3, 0.4) is 0 Å². The number of nitrogens with zero attached hydrogens (tertiary/aromatic N) is 2. The molecule has 2 aliphatic heterocycles. The largest absolute Gasteiger partial charge is 0.465 e. The molecule has 36 nitrogen and oxygen atoms in total. The molecule has 131 heavy (non-hydrogen) atoms. The topological polar surface area (TPSA) is 456 Å². The molecule has 0 saturated carbocycles. The maximum Gasteiger partial charge on any atom is 0.338 e.